The Morgan fingerprint density at radius 2 is 0.919 bits per heavy atom. The number of piperazine rings is 3. The van der Waals surface area contributed by atoms with Crippen LogP contribution >= 0.6 is 12.4 Å². The molecule has 5 aromatic carbocycles. The van der Waals surface area contributed by atoms with Gasteiger partial charge in [0.05, 0.1) is 77.2 Å². The van der Waals surface area contributed by atoms with Gasteiger partial charge in [0.1, 0.15) is 6.10 Å². The molecule has 0 spiro atoms. The number of aromatic amines is 2. The van der Waals surface area contributed by atoms with E-state index < -0.39 is 11.5 Å². The van der Waals surface area contributed by atoms with Crippen LogP contribution in [-0.2, 0) is 43.4 Å². The lowest BCUT2D eigenvalue weighted by Gasteiger charge is -2.36. The molecule has 512 valence electrons. The van der Waals surface area contributed by atoms with Gasteiger partial charge in [0.2, 0.25) is 17.8 Å². The van der Waals surface area contributed by atoms with Gasteiger partial charge in [-0.05, 0) is 102 Å². The van der Waals surface area contributed by atoms with Gasteiger partial charge >= 0.3 is 11.5 Å². The molecule has 26 heteroatoms. The summed E-state index contributed by atoms with van der Waals surface area (Å²) in [6.45, 7) is 17.6. The Morgan fingerprint density at radius 3 is 1.34 bits per heavy atom. The van der Waals surface area contributed by atoms with Gasteiger partial charge in [-0.1, -0.05) is 101 Å². The molecule has 7 N–H and O–H groups in total. The Bertz CT molecular complexity index is 4430. The van der Waals surface area contributed by atoms with E-state index in [1.807, 2.05) is 61.5 Å². The quantitative estimate of drug-likeness (QED) is 0.0221. The van der Waals surface area contributed by atoms with Gasteiger partial charge in [-0.3, -0.25) is 19.8 Å². The lowest BCUT2D eigenvalue weighted by atomic mass is 10.0. The summed E-state index contributed by atoms with van der Waals surface area (Å²) in [5.74, 6) is 1.21. The minimum Gasteiger partial charge on any atom is -0.411 e. The van der Waals surface area contributed by atoms with E-state index in [0.29, 0.717) is 51.8 Å². The Balaban J connectivity index is 0.000000126. The number of oxazole rings is 2. The first-order valence-electron chi connectivity index (χ1n) is 33.8. The smallest absolute Gasteiger partial charge is 0.411 e. The van der Waals surface area contributed by atoms with E-state index in [-0.39, 0.29) is 18.5 Å². The van der Waals surface area contributed by atoms with E-state index in [1.165, 1.54) is 39.6 Å². The number of nitrogens with one attached hydrogen (secondary N) is 6. The maximum Gasteiger partial charge on any atom is 0.417 e. The molecule has 7 aliphatic rings. The minimum atomic E-state index is -0.493. The third-order valence-electron chi connectivity index (χ3n) is 19.0. The molecule has 25 nitrogen and oxygen atoms in total. The SMILES string of the molecule is C=CCN1CCN(c2cnc(NC3Cc4ccccc4C3)nc2)CC1.Cl.O=c1[nH]c2ccc(/C=N/O)cc2o1.O=c1[nH]c2ccc(C3=NOC(CN4CCN(c5cnc(NC6Cc7ccccc7C6)nc5)CC4)C3)cc2o1.c1ccc2c(c1)CC(Nc1ncc(N3CCNCC3)cn1)C2. The molecule has 0 saturated carbocycles. The van der Waals surface area contributed by atoms with Gasteiger partial charge in [-0.25, -0.2) is 39.5 Å². The van der Waals surface area contributed by atoms with Crippen LogP contribution in [0.3, 0.4) is 0 Å². The van der Waals surface area contributed by atoms with E-state index in [1.54, 1.807) is 18.2 Å². The molecule has 0 amide bonds. The molecule has 3 fully saturated rings. The molecular formula is C73H82ClN19O6. The topological polar surface area (TPSA) is 288 Å². The molecule has 1 unspecified atom stereocenters. The third-order valence-corrected chi connectivity index (χ3v) is 19.0. The molecule has 1 atom stereocenters. The zero-order valence-electron chi connectivity index (χ0n) is 55.1. The second-order valence-corrected chi connectivity index (χ2v) is 25.7. The maximum atomic E-state index is 11.4. The first-order chi connectivity index (χ1) is 48.1. The third kappa shape index (κ3) is 17.1. The van der Waals surface area contributed by atoms with Gasteiger partial charge in [0.25, 0.3) is 0 Å². The normalized spacial score (nSPS) is 17.8. The zero-order chi connectivity index (χ0) is 66.6. The van der Waals surface area contributed by atoms with E-state index in [4.69, 9.17) is 18.9 Å². The van der Waals surface area contributed by atoms with Crippen LogP contribution < -0.4 is 47.5 Å². The van der Waals surface area contributed by atoms with Gasteiger partial charge < -0.3 is 54.8 Å². The summed E-state index contributed by atoms with van der Waals surface area (Å²) in [5, 5.41) is 29.2. The van der Waals surface area contributed by atoms with Crippen LogP contribution in [-0.4, -0.2) is 183 Å². The van der Waals surface area contributed by atoms with Crippen molar-refractivity contribution in [1.82, 2.24) is 55.0 Å². The second-order valence-electron chi connectivity index (χ2n) is 25.7. The van der Waals surface area contributed by atoms with Crippen LogP contribution in [0.1, 0.15) is 50.9 Å². The number of hydrogen-bond acceptors (Lipinski definition) is 23. The summed E-state index contributed by atoms with van der Waals surface area (Å²) in [5.41, 5.74) is 16.6. The Kier molecular flexibility index (Phi) is 21.6. The highest BCUT2D eigenvalue weighted by Gasteiger charge is 2.29. The zero-order valence-corrected chi connectivity index (χ0v) is 55.9. The summed E-state index contributed by atoms with van der Waals surface area (Å²) in [7, 11) is 0. The highest BCUT2D eigenvalue weighted by Crippen LogP contribution is 2.29. The number of benzene rings is 5. The largest absolute Gasteiger partial charge is 0.417 e. The number of anilines is 6. The Morgan fingerprint density at radius 1 is 0.515 bits per heavy atom. The van der Waals surface area contributed by atoms with Crippen molar-refractivity contribution in [1.29, 1.82) is 0 Å². The van der Waals surface area contributed by atoms with Crippen molar-refractivity contribution in [3.05, 3.63) is 225 Å². The summed E-state index contributed by atoms with van der Waals surface area (Å²) >= 11 is 0. The number of halogens is 1. The maximum absolute atomic E-state index is 11.4. The first kappa shape index (κ1) is 67.1. The van der Waals surface area contributed by atoms with Crippen molar-refractivity contribution < 1.29 is 18.9 Å². The van der Waals surface area contributed by atoms with Gasteiger partial charge in [-0.15, -0.1) is 19.0 Å². The Hall–Kier alpha value is -10.5. The van der Waals surface area contributed by atoms with Crippen molar-refractivity contribution in [3.8, 4) is 0 Å². The van der Waals surface area contributed by atoms with Crippen molar-refractivity contribution in [2.45, 2.75) is 69.2 Å². The lowest BCUT2D eigenvalue weighted by Crippen LogP contribution is -2.48. The molecule has 3 saturated heterocycles. The summed E-state index contributed by atoms with van der Waals surface area (Å²) in [6, 6.07) is 37.7. The fourth-order valence-electron chi connectivity index (χ4n) is 13.9. The lowest BCUT2D eigenvalue weighted by molar-refractivity contribution is 0.0510. The average molecular weight is 1360 g/mol. The Labute approximate surface area is 578 Å². The van der Waals surface area contributed by atoms with Crippen molar-refractivity contribution in [2.24, 2.45) is 10.3 Å². The number of fused-ring (bicyclic) bond motifs is 5. The highest BCUT2D eigenvalue weighted by atomic mass is 35.5. The second kappa shape index (κ2) is 31.8. The molecular weight excluding hydrogens is 1270 g/mol. The predicted molar refractivity (Wildman–Crippen MR) is 389 cm³/mol. The van der Waals surface area contributed by atoms with Crippen molar-refractivity contribution in [2.75, 3.05) is 122 Å². The number of oxime groups is 2. The van der Waals surface area contributed by atoms with Crippen LogP contribution in [0, 0.1) is 0 Å². The standard InChI is InChI=1S/C28H29N7O3.C20H25N5.C17H21N5.C8H6N2O3.ClH/c36-28-32-24-6-5-20(13-26(24)37-28)25-14-23(38-33-25)17-34-7-9-35(10-8-34)22-15-29-27(30-16-22)31-21-11-18-3-1-2-4-19(18)12-21;1-2-7-24-8-10-25(11-9-24)19-14-21-20(22-15-19)23-18-12-16-5-3-4-6-17(16)13-18;1-2-4-14-10-15(9-13(14)3-1)21-17-19-11-16(12-20-17)22-7-5-18-6-8-22;11-8-10-6-2-1-5(4-9-12)3-7(6)13-8;/h1-6,13,15-16,21,23H,7-12,14,17H2,(H,32,36)(H,29,30,31);2-6,14-15,18H,1,7-13H2,(H,21,22,23);1-4,11-12,15,18H,5-10H2,(H,19,20,21);1-4,12H,(H,10,11);1H/b;;;9-4+;. The fraction of sp³-hybridized carbons (Fsp3) is 0.342. The van der Waals surface area contributed by atoms with Crippen molar-refractivity contribution >= 4 is 81.4 Å². The van der Waals surface area contributed by atoms with Crippen LogP contribution in [0.25, 0.3) is 22.2 Å². The summed E-state index contributed by atoms with van der Waals surface area (Å²) in [4.78, 5) is 72.2. The molecule has 17 rings (SSSR count). The van der Waals surface area contributed by atoms with E-state index in [2.05, 4.69) is 175 Å². The highest BCUT2D eigenvalue weighted by molar-refractivity contribution is 6.03. The van der Waals surface area contributed by atoms with Crippen LogP contribution in [0.2, 0.25) is 0 Å². The molecule has 99 heavy (non-hydrogen) atoms. The minimum absolute atomic E-state index is 0. The van der Waals surface area contributed by atoms with Crippen LogP contribution in [0.15, 0.2) is 188 Å². The van der Waals surface area contributed by atoms with Gasteiger partial charge in [-0.2, -0.15) is 0 Å². The van der Waals surface area contributed by atoms with E-state index in [0.717, 1.165) is 177 Å². The number of hydrogen-bond donors (Lipinski definition) is 7. The number of H-pyrrole nitrogens is 2. The molecule has 9 heterocycles. The molecule has 10 aromatic rings. The molecule has 4 aliphatic heterocycles. The molecule has 0 bridgehead atoms. The van der Waals surface area contributed by atoms with E-state index >= 15 is 0 Å². The monoisotopic (exact) mass is 1360 g/mol. The average Bonchev–Trinajstić information content (AvgIpc) is 1.35. The van der Waals surface area contributed by atoms with Gasteiger partial charge in [0.15, 0.2) is 11.2 Å². The summed E-state index contributed by atoms with van der Waals surface area (Å²) < 4.78 is 9.98. The van der Waals surface area contributed by atoms with E-state index in [9.17, 15) is 9.59 Å². The first-order valence-corrected chi connectivity index (χ1v) is 33.8. The molecule has 0 radical (unpaired) electrons. The van der Waals surface area contributed by atoms with Gasteiger partial charge in [0, 0.05) is 122 Å². The molecule has 5 aromatic heterocycles. The van der Waals surface area contributed by atoms with Crippen LogP contribution in [0.5, 0.6) is 0 Å². The number of nitrogens with zero attached hydrogens (tertiary/aromatic N) is 13. The molecule has 3 aliphatic carbocycles. The predicted octanol–water partition coefficient (Wildman–Crippen LogP) is 7.99. The number of rotatable bonds is 15. The number of aromatic nitrogens is 8. The fourth-order valence-corrected chi connectivity index (χ4v) is 13.9. The summed E-state index contributed by atoms with van der Waals surface area (Å²) in [6.07, 6.45) is 21.8. The van der Waals surface area contributed by atoms with Crippen LogP contribution in [0.4, 0.5) is 34.9 Å². The van der Waals surface area contributed by atoms with Crippen molar-refractivity contribution in [3.63, 3.8) is 0 Å².